The first-order chi connectivity index (χ1) is 20.4. The number of guanidine groups is 1. The highest BCUT2D eigenvalue weighted by Gasteiger charge is 2.56. The molecule has 3 saturated carbocycles. The lowest BCUT2D eigenvalue weighted by Crippen LogP contribution is -2.59. The predicted octanol–water partition coefficient (Wildman–Crippen LogP) is 6.34. The van der Waals surface area contributed by atoms with Gasteiger partial charge in [0.05, 0.1) is 22.0 Å². The molecule has 4 aliphatic rings. The third-order valence-electron chi connectivity index (χ3n) is 10.1. The van der Waals surface area contributed by atoms with E-state index in [-0.39, 0.29) is 18.2 Å². The molecule has 0 unspecified atom stereocenters. The van der Waals surface area contributed by atoms with Crippen molar-refractivity contribution in [1.82, 2.24) is 19.8 Å². The third kappa shape index (κ3) is 5.86. The maximum Gasteiger partial charge on any atom is 0.261 e. The Morgan fingerprint density at radius 3 is 2.53 bits per heavy atom. The zero-order valence-electron chi connectivity index (χ0n) is 25.8. The smallest absolute Gasteiger partial charge is 0.261 e. The van der Waals surface area contributed by atoms with Crippen LogP contribution in [0, 0.1) is 23.2 Å². The molecule has 1 aliphatic heterocycles. The normalized spacial score (nSPS) is 28.5. The summed E-state index contributed by atoms with van der Waals surface area (Å²) >= 11 is 12.3. The largest absolute Gasteiger partial charge is 0.484 e. The van der Waals surface area contributed by atoms with Crippen LogP contribution in [0.5, 0.6) is 5.75 Å². The molecule has 0 spiro atoms. The van der Waals surface area contributed by atoms with Crippen LogP contribution in [0.25, 0.3) is 10.9 Å². The minimum Gasteiger partial charge on any atom is -0.484 e. The van der Waals surface area contributed by atoms with Gasteiger partial charge in [-0.25, -0.2) is 9.98 Å². The molecular formula is C33H42Cl2N6O2. The lowest BCUT2D eigenvalue weighted by atomic mass is 9.45. The maximum absolute atomic E-state index is 13.3. The minimum absolute atomic E-state index is 0.0855. The molecule has 1 aromatic heterocycles. The van der Waals surface area contributed by atoms with Crippen LogP contribution < -0.4 is 20.9 Å². The first-order valence-electron chi connectivity index (χ1n) is 15.3. The van der Waals surface area contributed by atoms with Crippen molar-refractivity contribution in [1.29, 1.82) is 0 Å². The monoisotopic (exact) mass is 624 g/mol. The Morgan fingerprint density at radius 1 is 1.12 bits per heavy atom. The van der Waals surface area contributed by atoms with Gasteiger partial charge in [-0.2, -0.15) is 0 Å². The van der Waals surface area contributed by atoms with Crippen LogP contribution in [0.3, 0.4) is 0 Å². The molecule has 2 bridgehead atoms. The number of anilines is 1. The highest BCUT2D eigenvalue weighted by atomic mass is 35.5. The summed E-state index contributed by atoms with van der Waals surface area (Å²) < 4.78 is 7.44. The van der Waals surface area contributed by atoms with Crippen LogP contribution in [0.15, 0.2) is 46.2 Å². The van der Waals surface area contributed by atoms with Gasteiger partial charge in [0.1, 0.15) is 18.2 Å². The number of fused-ring (bicyclic) bond motifs is 3. The number of hydrogen-bond donors (Lipinski definition) is 2. The van der Waals surface area contributed by atoms with Gasteiger partial charge in [0.2, 0.25) is 0 Å². The van der Waals surface area contributed by atoms with Crippen LogP contribution in [0.1, 0.15) is 53.3 Å². The fraction of sp³-hybridized carbons (Fsp3) is 0.545. The Kier molecular flexibility index (Phi) is 8.16. The standard InChI is InChI=1S/C33H42Cl2N6O2/c1-18-15-41(16-19(2)36-18)32(39-27-12-21-11-25(20(27)3)33(21,4)5)37-23-8-9-24-28(14-23)38-30(40(6)31(24)42)17-43-29-10-7-22(34)13-26(29)35/h7-10,13-14,18-21,25,27,36H,11-12,15-17H2,1-6H3,(H,37,39)/t18-,19+,20-,21-,25+,27-/m0/s1. The van der Waals surface area contributed by atoms with E-state index in [1.54, 1.807) is 25.2 Å². The van der Waals surface area contributed by atoms with Crippen LogP contribution in [0.2, 0.25) is 10.0 Å². The summed E-state index contributed by atoms with van der Waals surface area (Å²) in [5, 5.41) is 8.78. The fourth-order valence-corrected chi connectivity index (χ4v) is 7.99. The lowest BCUT2D eigenvalue weighted by molar-refractivity contribution is -0.108. The van der Waals surface area contributed by atoms with Crippen molar-refractivity contribution in [3.63, 3.8) is 0 Å². The summed E-state index contributed by atoms with van der Waals surface area (Å²) in [5.41, 5.74) is 1.73. The molecule has 3 aromatic rings. The second-order valence-electron chi connectivity index (χ2n) is 13.5. The average molecular weight is 626 g/mol. The number of nitrogens with one attached hydrogen (secondary N) is 2. The molecule has 0 radical (unpaired) electrons. The summed E-state index contributed by atoms with van der Waals surface area (Å²) in [4.78, 5) is 25.9. The molecule has 4 fully saturated rings. The quantitative estimate of drug-likeness (QED) is 0.255. The summed E-state index contributed by atoms with van der Waals surface area (Å²) in [5.74, 6) is 3.86. The van der Waals surface area contributed by atoms with Crippen molar-refractivity contribution in [3.05, 3.63) is 62.6 Å². The van der Waals surface area contributed by atoms with Gasteiger partial charge in [0, 0.05) is 42.9 Å². The highest BCUT2D eigenvalue weighted by Crippen LogP contribution is 2.61. The van der Waals surface area contributed by atoms with Gasteiger partial charge >= 0.3 is 0 Å². The Labute approximate surface area is 263 Å². The zero-order chi connectivity index (χ0) is 30.6. The maximum atomic E-state index is 13.3. The number of benzene rings is 2. The molecule has 43 heavy (non-hydrogen) atoms. The van der Waals surface area contributed by atoms with Crippen molar-refractivity contribution in [3.8, 4) is 5.75 Å². The number of nitrogens with zero attached hydrogens (tertiary/aromatic N) is 4. The van der Waals surface area contributed by atoms with Gasteiger partial charge in [-0.15, -0.1) is 0 Å². The van der Waals surface area contributed by atoms with E-state index in [1.165, 1.54) is 11.0 Å². The van der Waals surface area contributed by atoms with E-state index >= 15 is 0 Å². The van der Waals surface area contributed by atoms with E-state index in [0.29, 0.717) is 61.9 Å². The third-order valence-corrected chi connectivity index (χ3v) is 10.7. The highest BCUT2D eigenvalue weighted by molar-refractivity contribution is 6.35. The second-order valence-corrected chi connectivity index (χ2v) is 14.3. The van der Waals surface area contributed by atoms with Crippen LogP contribution in [0.4, 0.5) is 5.69 Å². The fourth-order valence-electron chi connectivity index (χ4n) is 7.53. The lowest BCUT2D eigenvalue weighted by Gasteiger charge is -2.61. The molecule has 2 aromatic carbocycles. The summed E-state index contributed by atoms with van der Waals surface area (Å²) in [7, 11) is 1.71. The van der Waals surface area contributed by atoms with E-state index in [4.69, 9.17) is 37.9 Å². The van der Waals surface area contributed by atoms with Gasteiger partial charge in [-0.3, -0.25) is 9.36 Å². The van der Waals surface area contributed by atoms with Crippen LogP contribution >= 0.6 is 23.2 Å². The molecule has 7 rings (SSSR count). The van der Waals surface area contributed by atoms with E-state index in [1.807, 2.05) is 18.2 Å². The predicted molar refractivity (Wildman–Crippen MR) is 175 cm³/mol. The van der Waals surface area contributed by atoms with Crippen LogP contribution in [-0.2, 0) is 13.7 Å². The Hall–Kier alpha value is -2.81. The Balaban J connectivity index is 1.30. The molecular weight excluding hydrogens is 583 g/mol. The number of rotatable bonds is 5. The molecule has 1 saturated heterocycles. The zero-order valence-corrected chi connectivity index (χ0v) is 27.3. The van der Waals surface area contributed by atoms with Crippen LogP contribution in [-0.4, -0.2) is 51.6 Å². The van der Waals surface area contributed by atoms with Gasteiger partial charge in [0.25, 0.3) is 5.56 Å². The van der Waals surface area contributed by atoms with Crippen molar-refractivity contribution >= 4 is 45.8 Å². The minimum atomic E-state index is -0.131. The van der Waals surface area contributed by atoms with Gasteiger partial charge in [-0.05, 0) is 86.3 Å². The Morgan fingerprint density at radius 2 is 1.86 bits per heavy atom. The number of aliphatic imine (C=N–C) groups is 1. The van der Waals surface area contributed by atoms with Crippen molar-refractivity contribution in [2.75, 3.05) is 18.4 Å². The topological polar surface area (TPSA) is 83.8 Å². The first-order valence-corrected chi connectivity index (χ1v) is 16.1. The average Bonchev–Trinajstić information content (AvgIpc) is 2.94. The second kappa shape index (κ2) is 11.6. The molecule has 8 nitrogen and oxygen atoms in total. The SMILES string of the molecule is C[C@@H]1[C@@H](N=C(Nc2ccc3c(=O)n(C)c(COc4ccc(Cl)cc4Cl)nc3c2)N2C[C@@H](C)N[C@@H](C)C2)C[C@@H]2C[C@H]1C2(C)C. The molecule has 6 atom stereocenters. The summed E-state index contributed by atoms with van der Waals surface area (Å²) in [6, 6.07) is 11.8. The summed E-state index contributed by atoms with van der Waals surface area (Å²) in [6.07, 6.45) is 2.45. The molecule has 10 heteroatoms. The van der Waals surface area contributed by atoms with Crippen molar-refractivity contribution < 1.29 is 4.74 Å². The van der Waals surface area contributed by atoms with Gasteiger partial charge < -0.3 is 20.3 Å². The number of aromatic nitrogens is 2. The molecule has 0 amide bonds. The van der Waals surface area contributed by atoms with E-state index in [2.05, 4.69) is 50.2 Å². The number of piperazine rings is 1. The molecule has 2 N–H and O–H groups in total. The van der Waals surface area contributed by atoms with Gasteiger partial charge in [0.15, 0.2) is 5.96 Å². The molecule has 2 heterocycles. The Bertz CT molecular complexity index is 1610. The van der Waals surface area contributed by atoms with E-state index in [9.17, 15) is 4.79 Å². The van der Waals surface area contributed by atoms with Crippen molar-refractivity contribution in [2.45, 2.75) is 72.2 Å². The summed E-state index contributed by atoms with van der Waals surface area (Å²) in [6.45, 7) is 13.5. The first kappa shape index (κ1) is 30.2. The van der Waals surface area contributed by atoms with E-state index in [0.717, 1.165) is 37.1 Å². The number of ether oxygens (including phenoxy) is 1. The van der Waals surface area contributed by atoms with Crippen molar-refractivity contribution in [2.24, 2.45) is 35.2 Å². The number of halogens is 2. The molecule has 230 valence electrons. The van der Waals surface area contributed by atoms with Gasteiger partial charge in [-0.1, -0.05) is 44.0 Å². The molecule has 3 aliphatic carbocycles. The number of hydrogen-bond acceptors (Lipinski definition) is 5. The van der Waals surface area contributed by atoms with E-state index < -0.39 is 0 Å².